The SMILES string of the molecule is CNCc1ccc(S(=O)(=O)N2CCC(C(C)C)C2)nc1. The number of hydrogen-bond donors (Lipinski definition) is 1. The summed E-state index contributed by atoms with van der Waals surface area (Å²) in [4.78, 5) is 4.11. The Labute approximate surface area is 121 Å². The number of aromatic nitrogens is 1. The van der Waals surface area contributed by atoms with E-state index in [9.17, 15) is 8.42 Å². The third-order valence-corrected chi connectivity index (χ3v) is 5.69. The van der Waals surface area contributed by atoms with Crippen LogP contribution >= 0.6 is 0 Å². The molecule has 0 aromatic carbocycles. The van der Waals surface area contributed by atoms with Gasteiger partial charge in [0.1, 0.15) is 0 Å². The van der Waals surface area contributed by atoms with Crippen molar-refractivity contribution in [2.24, 2.45) is 11.8 Å². The molecule has 1 atom stereocenters. The number of rotatable bonds is 5. The van der Waals surface area contributed by atoms with Crippen LogP contribution in [0, 0.1) is 11.8 Å². The van der Waals surface area contributed by atoms with Crippen molar-refractivity contribution in [2.45, 2.75) is 31.8 Å². The van der Waals surface area contributed by atoms with Crippen LogP contribution in [0.15, 0.2) is 23.4 Å². The largest absolute Gasteiger partial charge is 0.316 e. The molecule has 6 heteroatoms. The van der Waals surface area contributed by atoms with E-state index in [2.05, 4.69) is 24.1 Å². The Morgan fingerprint density at radius 3 is 2.70 bits per heavy atom. The summed E-state index contributed by atoms with van der Waals surface area (Å²) in [6.07, 6.45) is 2.56. The number of hydrogen-bond acceptors (Lipinski definition) is 4. The average molecular weight is 297 g/mol. The van der Waals surface area contributed by atoms with E-state index in [-0.39, 0.29) is 5.03 Å². The number of sulfonamides is 1. The lowest BCUT2D eigenvalue weighted by atomic mass is 9.96. The zero-order chi connectivity index (χ0) is 14.8. The Morgan fingerprint density at radius 2 is 2.20 bits per heavy atom. The summed E-state index contributed by atoms with van der Waals surface area (Å²) in [7, 11) is -1.59. The van der Waals surface area contributed by atoms with Crippen molar-refractivity contribution in [1.29, 1.82) is 0 Å². The van der Waals surface area contributed by atoms with Crippen LogP contribution in [0.4, 0.5) is 0 Å². The summed E-state index contributed by atoms with van der Waals surface area (Å²) in [6, 6.07) is 3.41. The zero-order valence-electron chi connectivity index (χ0n) is 12.3. The normalized spacial score (nSPS) is 20.7. The molecule has 1 N–H and O–H groups in total. The van der Waals surface area contributed by atoms with Gasteiger partial charge in [-0.25, -0.2) is 13.4 Å². The van der Waals surface area contributed by atoms with E-state index in [0.29, 0.717) is 31.5 Å². The molecule has 1 fully saturated rings. The Kier molecular flexibility index (Phi) is 4.78. The molecule has 5 nitrogen and oxygen atoms in total. The van der Waals surface area contributed by atoms with Crippen molar-refractivity contribution in [2.75, 3.05) is 20.1 Å². The van der Waals surface area contributed by atoms with Crippen LogP contribution in [0.3, 0.4) is 0 Å². The van der Waals surface area contributed by atoms with Gasteiger partial charge in [0.25, 0.3) is 10.0 Å². The van der Waals surface area contributed by atoms with Crippen LogP contribution in [0.5, 0.6) is 0 Å². The lowest BCUT2D eigenvalue weighted by Gasteiger charge is -2.17. The third-order valence-electron chi connectivity index (χ3n) is 3.91. The highest BCUT2D eigenvalue weighted by Crippen LogP contribution is 2.27. The van der Waals surface area contributed by atoms with Crippen LogP contribution < -0.4 is 5.32 Å². The summed E-state index contributed by atoms with van der Waals surface area (Å²) < 4.78 is 26.6. The van der Waals surface area contributed by atoms with E-state index in [1.54, 1.807) is 16.6 Å². The van der Waals surface area contributed by atoms with Crippen LogP contribution in [0.1, 0.15) is 25.8 Å². The van der Waals surface area contributed by atoms with Gasteiger partial charge in [-0.2, -0.15) is 4.31 Å². The minimum Gasteiger partial charge on any atom is -0.316 e. The standard InChI is InChI=1S/C14H23N3O2S/c1-11(2)13-6-7-17(10-13)20(18,19)14-5-4-12(8-15-3)9-16-14/h4-5,9,11,13,15H,6-8,10H2,1-3H3. The Bertz CT molecular complexity index is 540. The van der Waals surface area contributed by atoms with Crippen molar-refractivity contribution < 1.29 is 8.42 Å². The first-order valence-electron chi connectivity index (χ1n) is 7.05. The van der Waals surface area contributed by atoms with Crippen molar-refractivity contribution in [3.05, 3.63) is 23.9 Å². The fourth-order valence-electron chi connectivity index (χ4n) is 2.52. The predicted molar refractivity (Wildman–Crippen MR) is 78.7 cm³/mol. The van der Waals surface area contributed by atoms with Gasteiger partial charge in [-0.3, -0.25) is 0 Å². The first-order chi connectivity index (χ1) is 9.45. The molecule has 0 aliphatic carbocycles. The second-order valence-electron chi connectivity index (χ2n) is 5.69. The molecule has 1 aromatic heterocycles. The maximum absolute atomic E-state index is 12.5. The molecule has 0 amide bonds. The van der Waals surface area contributed by atoms with Crippen molar-refractivity contribution >= 4 is 10.0 Å². The minimum atomic E-state index is -3.44. The molecule has 0 radical (unpaired) electrons. The van der Waals surface area contributed by atoms with E-state index >= 15 is 0 Å². The van der Waals surface area contributed by atoms with E-state index in [4.69, 9.17) is 0 Å². The highest BCUT2D eigenvalue weighted by atomic mass is 32.2. The van der Waals surface area contributed by atoms with Gasteiger partial charge in [-0.15, -0.1) is 0 Å². The summed E-state index contributed by atoms with van der Waals surface area (Å²) in [5.41, 5.74) is 0.980. The van der Waals surface area contributed by atoms with Gasteiger partial charge in [0, 0.05) is 25.8 Å². The van der Waals surface area contributed by atoms with Gasteiger partial charge in [-0.1, -0.05) is 19.9 Å². The predicted octanol–water partition coefficient (Wildman–Crippen LogP) is 1.47. The molecule has 0 saturated carbocycles. The second kappa shape index (κ2) is 6.20. The lowest BCUT2D eigenvalue weighted by Crippen LogP contribution is -2.30. The van der Waals surface area contributed by atoms with Gasteiger partial charge in [0.15, 0.2) is 5.03 Å². The molecule has 2 rings (SSSR count). The van der Waals surface area contributed by atoms with E-state index in [0.717, 1.165) is 12.0 Å². The van der Waals surface area contributed by atoms with Crippen molar-refractivity contribution in [3.63, 3.8) is 0 Å². The van der Waals surface area contributed by atoms with E-state index in [1.165, 1.54) is 0 Å². The summed E-state index contributed by atoms with van der Waals surface area (Å²) >= 11 is 0. The molecule has 112 valence electrons. The third kappa shape index (κ3) is 3.19. The maximum atomic E-state index is 12.5. The zero-order valence-corrected chi connectivity index (χ0v) is 13.2. The van der Waals surface area contributed by atoms with Gasteiger partial charge < -0.3 is 5.32 Å². The minimum absolute atomic E-state index is 0.154. The molecular formula is C14H23N3O2S. The maximum Gasteiger partial charge on any atom is 0.260 e. The Balaban J connectivity index is 2.14. The highest BCUT2D eigenvalue weighted by Gasteiger charge is 2.34. The number of pyridine rings is 1. The molecule has 0 bridgehead atoms. The van der Waals surface area contributed by atoms with Gasteiger partial charge in [0.2, 0.25) is 0 Å². The Hall–Kier alpha value is -0.980. The van der Waals surface area contributed by atoms with Crippen LogP contribution in [0.2, 0.25) is 0 Å². The number of nitrogens with one attached hydrogen (secondary N) is 1. The molecule has 1 aromatic rings. The van der Waals surface area contributed by atoms with Gasteiger partial charge >= 0.3 is 0 Å². The van der Waals surface area contributed by atoms with Crippen molar-refractivity contribution in [3.8, 4) is 0 Å². The first kappa shape index (κ1) is 15.4. The topological polar surface area (TPSA) is 62.3 Å². The molecule has 1 unspecified atom stereocenters. The molecule has 1 aliphatic rings. The highest BCUT2D eigenvalue weighted by molar-refractivity contribution is 7.89. The number of nitrogens with zero attached hydrogens (tertiary/aromatic N) is 2. The molecule has 2 heterocycles. The lowest BCUT2D eigenvalue weighted by molar-refractivity contribution is 0.388. The molecule has 1 aliphatic heterocycles. The summed E-state index contributed by atoms with van der Waals surface area (Å²) in [6.45, 7) is 6.19. The van der Waals surface area contributed by atoms with Gasteiger partial charge in [-0.05, 0) is 36.9 Å². The fraction of sp³-hybridized carbons (Fsp3) is 0.643. The molecule has 20 heavy (non-hydrogen) atoms. The van der Waals surface area contributed by atoms with E-state index in [1.807, 2.05) is 13.1 Å². The van der Waals surface area contributed by atoms with Crippen LogP contribution in [-0.2, 0) is 16.6 Å². The summed E-state index contributed by atoms with van der Waals surface area (Å²) in [5.74, 6) is 0.967. The molecule has 1 saturated heterocycles. The van der Waals surface area contributed by atoms with Crippen molar-refractivity contribution in [1.82, 2.24) is 14.6 Å². The van der Waals surface area contributed by atoms with Crippen LogP contribution in [0.25, 0.3) is 0 Å². The second-order valence-corrected chi connectivity index (χ2v) is 7.58. The van der Waals surface area contributed by atoms with Crippen LogP contribution in [-0.4, -0.2) is 37.8 Å². The molecular weight excluding hydrogens is 274 g/mol. The quantitative estimate of drug-likeness (QED) is 0.894. The smallest absolute Gasteiger partial charge is 0.260 e. The summed E-state index contributed by atoms with van der Waals surface area (Å²) in [5, 5.41) is 3.17. The Morgan fingerprint density at radius 1 is 1.45 bits per heavy atom. The monoisotopic (exact) mass is 297 g/mol. The molecule has 0 spiro atoms. The van der Waals surface area contributed by atoms with Gasteiger partial charge in [0.05, 0.1) is 0 Å². The van der Waals surface area contributed by atoms with E-state index < -0.39 is 10.0 Å². The first-order valence-corrected chi connectivity index (χ1v) is 8.49. The average Bonchev–Trinajstić information content (AvgIpc) is 2.90. The fourth-order valence-corrected chi connectivity index (χ4v) is 3.94.